The molecule has 0 aliphatic carbocycles. The number of piperidine rings is 1. The van der Waals surface area contributed by atoms with Crippen LogP contribution in [0.5, 0.6) is 0 Å². The topological polar surface area (TPSA) is 52.7 Å². The Morgan fingerprint density at radius 3 is 2.59 bits per heavy atom. The first kappa shape index (κ1) is 13.3. The van der Waals surface area contributed by atoms with Gasteiger partial charge in [-0.2, -0.15) is 17.0 Å². The average Bonchev–Trinajstić information content (AvgIpc) is 2.74. The Kier molecular flexibility index (Phi) is 3.77. The standard InChI is InChI=1S/C11H23N3O2S/c1-9(2)13(3)17(15,16)14-5-4-10-6-12-7-11(10)8-14/h9-12H,4-8H2,1-3H3. The van der Waals surface area contributed by atoms with Gasteiger partial charge in [0.1, 0.15) is 0 Å². The van der Waals surface area contributed by atoms with Gasteiger partial charge in [0.25, 0.3) is 10.2 Å². The Labute approximate surface area is 104 Å². The van der Waals surface area contributed by atoms with Gasteiger partial charge in [-0.1, -0.05) is 0 Å². The van der Waals surface area contributed by atoms with Crippen LogP contribution in [0.3, 0.4) is 0 Å². The fourth-order valence-electron chi connectivity index (χ4n) is 2.66. The smallest absolute Gasteiger partial charge is 0.281 e. The molecule has 100 valence electrons. The van der Waals surface area contributed by atoms with Crippen molar-refractivity contribution in [3.8, 4) is 0 Å². The summed E-state index contributed by atoms with van der Waals surface area (Å²) in [6, 6.07) is 0.0134. The van der Waals surface area contributed by atoms with Crippen molar-refractivity contribution in [2.45, 2.75) is 26.3 Å². The molecule has 5 nitrogen and oxygen atoms in total. The molecule has 2 unspecified atom stereocenters. The molecule has 2 aliphatic heterocycles. The molecule has 0 radical (unpaired) electrons. The Morgan fingerprint density at radius 1 is 1.29 bits per heavy atom. The summed E-state index contributed by atoms with van der Waals surface area (Å²) in [7, 11) is -1.60. The lowest BCUT2D eigenvalue weighted by molar-refractivity contribution is 0.214. The zero-order valence-corrected chi connectivity index (χ0v) is 11.7. The SMILES string of the molecule is CC(C)N(C)S(=O)(=O)N1CCC2CNCC2C1. The number of rotatable bonds is 3. The summed E-state index contributed by atoms with van der Waals surface area (Å²) in [5.74, 6) is 1.17. The number of fused-ring (bicyclic) bond motifs is 1. The van der Waals surface area contributed by atoms with E-state index >= 15 is 0 Å². The molecule has 6 heteroatoms. The van der Waals surface area contributed by atoms with Crippen molar-refractivity contribution in [1.29, 1.82) is 0 Å². The Bertz CT molecular complexity index is 369. The number of hydrogen-bond donors (Lipinski definition) is 1. The zero-order valence-electron chi connectivity index (χ0n) is 10.9. The molecule has 0 aromatic rings. The third-order valence-corrected chi connectivity index (χ3v) is 6.22. The highest BCUT2D eigenvalue weighted by molar-refractivity contribution is 7.86. The van der Waals surface area contributed by atoms with Crippen LogP contribution < -0.4 is 5.32 Å². The molecule has 2 atom stereocenters. The minimum atomic E-state index is -3.26. The van der Waals surface area contributed by atoms with E-state index in [1.54, 1.807) is 11.4 Å². The van der Waals surface area contributed by atoms with Gasteiger partial charge in [-0.25, -0.2) is 0 Å². The quantitative estimate of drug-likeness (QED) is 0.785. The van der Waals surface area contributed by atoms with Gasteiger partial charge in [0.05, 0.1) is 0 Å². The van der Waals surface area contributed by atoms with Crippen molar-refractivity contribution in [2.75, 3.05) is 33.2 Å². The lowest BCUT2D eigenvalue weighted by Gasteiger charge is -2.36. The molecule has 2 saturated heterocycles. The third-order valence-electron chi connectivity index (χ3n) is 4.08. The monoisotopic (exact) mass is 261 g/mol. The molecule has 2 rings (SSSR count). The molecule has 0 aromatic heterocycles. The second kappa shape index (κ2) is 4.84. The van der Waals surface area contributed by atoms with E-state index in [0.29, 0.717) is 24.9 Å². The highest BCUT2D eigenvalue weighted by Gasteiger charge is 2.38. The fourth-order valence-corrected chi connectivity index (χ4v) is 4.27. The molecule has 2 aliphatic rings. The van der Waals surface area contributed by atoms with E-state index in [1.165, 1.54) is 4.31 Å². The lowest BCUT2D eigenvalue weighted by atomic mass is 9.90. The largest absolute Gasteiger partial charge is 0.316 e. The van der Waals surface area contributed by atoms with Crippen LogP contribution in [0.2, 0.25) is 0 Å². The number of nitrogens with one attached hydrogen (secondary N) is 1. The second-order valence-electron chi connectivity index (χ2n) is 5.44. The summed E-state index contributed by atoms with van der Waals surface area (Å²) in [5.41, 5.74) is 0. The molecular weight excluding hydrogens is 238 g/mol. The second-order valence-corrected chi connectivity index (χ2v) is 7.43. The molecule has 0 saturated carbocycles. The van der Waals surface area contributed by atoms with Crippen LogP contribution in [0.15, 0.2) is 0 Å². The van der Waals surface area contributed by atoms with Crippen LogP contribution in [0.1, 0.15) is 20.3 Å². The van der Waals surface area contributed by atoms with Crippen LogP contribution in [0, 0.1) is 11.8 Å². The molecule has 2 heterocycles. The summed E-state index contributed by atoms with van der Waals surface area (Å²) in [6.45, 7) is 7.17. The minimum absolute atomic E-state index is 0.0134. The van der Waals surface area contributed by atoms with E-state index in [-0.39, 0.29) is 6.04 Å². The Hall–Kier alpha value is -0.170. The van der Waals surface area contributed by atoms with Crippen molar-refractivity contribution < 1.29 is 8.42 Å². The first-order valence-corrected chi connectivity index (χ1v) is 7.76. The van der Waals surface area contributed by atoms with Gasteiger partial charge in [0.15, 0.2) is 0 Å². The predicted octanol–water partition coefficient (Wildman–Crippen LogP) is 0.113. The normalized spacial score (nSPS) is 31.1. The molecule has 0 bridgehead atoms. The van der Waals surface area contributed by atoms with Crippen LogP contribution in [-0.2, 0) is 10.2 Å². The highest BCUT2D eigenvalue weighted by Crippen LogP contribution is 2.28. The van der Waals surface area contributed by atoms with Gasteiger partial charge in [-0.05, 0) is 45.2 Å². The van der Waals surface area contributed by atoms with E-state index in [1.807, 2.05) is 13.8 Å². The predicted molar refractivity (Wildman–Crippen MR) is 67.9 cm³/mol. The summed E-state index contributed by atoms with van der Waals surface area (Å²) in [6.07, 6.45) is 0.989. The number of hydrogen-bond acceptors (Lipinski definition) is 3. The van der Waals surface area contributed by atoms with Crippen LogP contribution >= 0.6 is 0 Å². The van der Waals surface area contributed by atoms with Crippen molar-refractivity contribution in [3.05, 3.63) is 0 Å². The molecule has 2 fully saturated rings. The number of nitrogens with zero attached hydrogens (tertiary/aromatic N) is 2. The summed E-state index contributed by atoms with van der Waals surface area (Å²) < 4.78 is 27.8. The van der Waals surface area contributed by atoms with Gasteiger partial charge >= 0.3 is 0 Å². The molecular formula is C11H23N3O2S. The maximum absolute atomic E-state index is 12.3. The van der Waals surface area contributed by atoms with Gasteiger partial charge in [-0.15, -0.1) is 0 Å². The van der Waals surface area contributed by atoms with E-state index in [9.17, 15) is 8.42 Å². The van der Waals surface area contributed by atoms with Gasteiger partial charge in [-0.3, -0.25) is 0 Å². The van der Waals surface area contributed by atoms with Crippen LogP contribution in [0.4, 0.5) is 0 Å². The first-order valence-electron chi connectivity index (χ1n) is 6.36. The summed E-state index contributed by atoms with van der Waals surface area (Å²) in [5, 5.41) is 3.35. The van der Waals surface area contributed by atoms with Crippen molar-refractivity contribution in [3.63, 3.8) is 0 Å². The highest BCUT2D eigenvalue weighted by atomic mass is 32.2. The average molecular weight is 261 g/mol. The molecule has 0 amide bonds. The van der Waals surface area contributed by atoms with Crippen LogP contribution in [0.25, 0.3) is 0 Å². The van der Waals surface area contributed by atoms with E-state index in [2.05, 4.69) is 5.32 Å². The maximum Gasteiger partial charge on any atom is 0.281 e. The van der Waals surface area contributed by atoms with E-state index in [0.717, 1.165) is 19.5 Å². The lowest BCUT2D eigenvalue weighted by Crippen LogP contribution is -2.50. The maximum atomic E-state index is 12.3. The van der Waals surface area contributed by atoms with Crippen molar-refractivity contribution in [1.82, 2.24) is 13.9 Å². The summed E-state index contributed by atoms with van der Waals surface area (Å²) in [4.78, 5) is 0. The van der Waals surface area contributed by atoms with Crippen molar-refractivity contribution in [2.24, 2.45) is 11.8 Å². The molecule has 0 aromatic carbocycles. The molecule has 1 N–H and O–H groups in total. The summed E-state index contributed by atoms with van der Waals surface area (Å²) >= 11 is 0. The van der Waals surface area contributed by atoms with E-state index < -0.39 is 10.2 Å². The van der Waals surface area contributed by atoms with Gasteiger partial charge in [0.2, 0.25) is 0 Å². The molecule has 0 spiro atoms. The molecule has 17 heavy (non-hydrogen) atoms. The van der Waals surface area contributed by atoms with E-state index in [4.69, 9.17) is 0 Å². The zero-order chi connectivity index (χ0) is 12.6. The third kappa shape index (κ3) is 2.50. The Morgan fingerprint density at radius 2 is 1.94 bits per heavy atom. The van der Waals surface area contributed by atoms with Crippen LogP contribution in [-0.4, -0.2) is 56.3 Å². The fraction of sp³-hybridized carbons (Fsp3) is 1.00. The van der Waals surface area contributed by atoms with Gasteiger partial charge in [0, 0.05) is 26.2 Å². The van der Waals surface area contributed by atoms with Crippen molar-refractivity contribution >= 4 is 10.2 Å². The minimum Gasteiger partial charge on any atom is -0.316 e. The first-order chi connectivity index (χ1) is 7.93. The van der Waals surface area contributed by atoms with Gasteiger partial charge < -0.3 is 5.32 Å². The Balaban J connectivity index is 2.08.